The maximum atomic E-state index is 10.9. The molecule has 1 atom stereocenters. The van der Waals surface area contributed by atoms with Gasteiger partial charge >= 0.3 is 0 Å². The second-order valence-corrected chi connectivity index (χ2v) is 7.55. The highest BCUT2D eigenvalue weighted by molar-refractivity contribution is 5.94. The Morgan fingerprint density at radius 3 is 2.83 bits per heavy atom. The number of rotatable bonds is 7. The number of aryl methyl sites for hydroxylation is 1. The zero-order valence-electron chi connectivity index (χ0n) is 17.3. The minimum atomic E-state index is 0.0816. The summed E-state index contributed by atoms with van der Waals surface area (Å²) in [5.74, 6) is 0.405. The van der Waals surface area contributed by atoms with Gasteiger partial charge in [-0.15, -0.1) is 0 Å². The van der Waals surface area contributed by atoms with Gasteiger partial charge in [-0.3, -0.25) is 9.39 Å². The van der Waals surface area contributed by atoms with Gasteiger partial charge in [-0.05, 0) is 25.3 Å². The molecule has 0 aliphatic carbocycles. The molecule has 0 radical (unpaired) electrons. The van der Waals surface area contributed by atoms with E-state index in [4.69, 9.17) is 21.4 Å². The molecule has 0 saturated heterocycles. The van der Waals surface area contributed by atoms with Crippen LogP contribution in [0.3, 0.4) is 0 Å². The number of hydrogen-bond acceptors (Lipinski definition) is 4. The summed E-state index contributed by atoms with van der Waals surface area (Å²) in [6, 6.07) is 8.09. The van der Waals surface area contributed by atoms with Crippen LogP contribution in [-0.4, -0.2) is 37.0 Å². The van der Waals surface area contributed by atoms with E-state index in [1.165, 1.54) is 0 Å². The molecule has 8 nitrogen and oxygen atoms in total. The minimum Gasteiger partial charge on any atom is -0.493 e. The zero-order valence-corrected chi connectivity index (χ0v) is 17.3. The molecule has 0 aliphatic heterocycles. The molecule has 3 aromatic heterocycles. The Morgan fingerprint density at radius 2 is 2.07 bits per heavy atom. The fraction of sp³-hybridized carbons (Fsp3) is 0.318. The first-order chi connectivity index (χ1) is 14.5. The van der Waals surface area contributed by atoms with Crippen molar-refractivity contribution in [3.05, 3.63) is 48.0 Å². The molecular weight excluding hydrogens is 378 g/mol. The summed E-state index contributed by atoms with van der Waals surface area (Å²) in [5.41, 5.74) is 15.9. The van der Waals surface area contributed by atoms with Gasteiger partial charge in [0.05, 0.1) is 11.4 Å². The topological polar surface area (TPSA) is 131 Å². The minimum absolute atomic E-state index is 0.0816. The molecule has 0 saturated carbocycles. The molecule has 0 spiro atoms. The Labute approximate surface area is 174 Å². The van der Waals surface area contributed by atoms with Crippen LogP contribution in [0, 0.1) is 0 Å². The van der Waals surface area contributed by atoms with Crippen molar-refractivity contribution in [2.45, 2.75) is 39.0 Å². The van der Waals surface area contributed by atoms with Crippen LogP contribution in [0.1, 0.15) is 44.0 Å². The normalized spacial score (nSPS) is 12.5. The summed E-state index contributed by atoms with van der Waals surface area (Å²) >= 11 is 0. The standard InChI is InChI=1S/C22H27N7O/c1-3-13(2)19-21(30)29-12-18(15-11-26-16-8-5-4-7-14(15)16)27-17(20(29)28-19)9-6-10-25-22(23)24/h4-5,7-8,11-13,26,30H,3,6,9-10H2,1-2H3,(H4,23,24,25). The van der Waals surface area contributed by atoms with Crippen LogP contribution < -0.4 is 11.5 Å². The molecule has 1 unspecified atom stereocenters. The molecule has 1 aromatic carbocycles. The first kappa shape index (κ1) is 19.8. The number of guanidine groups is 1. The lowest BCUT2D eigenvalue weighted by atomic mass is 10.1. The predicted octanol–water partition coefficient (Wildman–Crippen LogP) is 3.30. The molecule has 4 aromatic rings. The van der Waals surface area contributed by atoms with Gasteiger partial charge in [0.1, 0.15) is 5.69 Å². The number of nitrogens with one attached hydrogen (secondary N) is 1. The van der Waals surface area contributed by atoms with Gasteiger partial charge in [0.15, 0.2) is 11.6 Å². The van der Waals surface area contributed by atoms with Crippen LogP contribution in [-0.2, 0) is 6.42 Å². The number of benzene rings is 1. The van der Waals surface area contributed by atoms with Crippen LogP contribution in [0.15, 0.2) is 41.7 Å². The van der Waals surface area contributed by atoms with Crippen molar-refractivity contribution in [3.63, 3.8) is 0 Å². The second-order valence-electron chi connectivity index (χ2n) is 7.55. The number of imidazole rings is 1. The maximum Gasteiger partial charge on any atom is 0.219 e. The highest BCUT2D eigenvalue weighted by Gasteiger charge is 2.20. The van der Waals surface area contributed by atoms with Crippen molar-refractivity contribution in [2.75, 3.05) is 6.54 Å². The second kappa shape index (κ2) is 8.06. The average Bonchev–Trinajstić information content (AvgIpc) is 3.32. The molecule has 3 heterocycles. The fourth-order valence-electron chi connectivity index (χ4n) is 3.67. The fourth-order valence-corrected chi connectivity index (χ4v) is 3.67. The lowest BCUT2D eigenvalue weighted by Crippen LogP contribution is -2.23. The van der Waals surface area contributed by atoms with E-state index in [-0.39, 0.29) is 17.8 Å². The first-order valence-electron chi connectivity index (χ1n) is 10.2. The third-order valence-electron chi connectivity index (χ3n) is 5.49. The third kappa shape index (κ3) is 3.56. The van der Waals surface area contributed by atoms with Crippen molar-refractivity contribution >= 4 is 22.5 Å². The quantitative estimate of drug-likeness (QED) is 0.213. The molecule has 6 N–H and O–H groups in total. The van der Waals surface area contributed by atoms with E-state index in [0.717, 1.165) is 40.7 Å². The Kier molecular flexibility index (Phi) is 5.31. The Bertz CT molecular complexity index is 1220. The molecule has 30 heavy (non-hydrogen) atoms. The van der Waals surface area contributed by atoms with Gasteiger partial charge in [0.2, 0.25) is 5.88 Å². The molecule has 0 aliphatic rings. The van der Waals surface area contributed by atoms with E-state index >= 15 is 0 Å². The monoisotopic (exact) mass is 405 g/mol. The van der Waals surface area contributed by atoms with Crippen molar-refractivity contribution in [3.8, 4) is 17.1 Å². The summed E-state index contributed by atoms with van der Waals surface area (Å²) in [4.78, 5) is 17.0. The number of hydrogen-bond donors (Lipinski definition) is 4. The van der Waals surface area contributed by atoms with Crippen LogP contribution in [0.5, 0.6) is 5.88 Å². The zero-order chi connectivity index (χ0) is 21.3. The molecule has 4 rings (SSSR count). The van der Waals surface area contributed by atoms with Crippen molar-refractivity contribution in [1.82, 2.24) is 19.4 Å². The van der Waals surface area contributed by atoms with E-state index in [1.54, 1.807) is 4.40 Å². The van der Waals surface area contributed by atoms with Gasteiger partial charge in [0, 0.05) is 41.3 Å². The van der Waals surface area contributed by atoms with Crippen LogP contribution in [0.4, 0.5) is 0 Å². The number of nitrogens with two attached hydrogens (primary N) is 2. The van der Waals surface area contributed by atoms with Crippen LogP contribution in [0.25, 0.3) is 27.8 Å². The number of aliphatic imine (C=N–C) groups is 1. The maximum absolute atomic E-state index is 10.9. The number of aromatic hydroxyl groups is 1. The highest BCUT2D eigenvalue weighted by Crippen LogP contribution is 2.33. The van der Waals surface area contributed by atoms with Gasteiger partial charge in [-0.2, -0.15) is 0 Å². The smallest absolute Gasteiger partial charge is 0.219 e. The molecular formula is C22H27N7O. The SMILES string of the molecule is CCC(C)c1nc2c(CCCN=C(N)N)nc(-c3c[nH]c4ccccc34)cn2c1O. The van der Waals surface area contributed by atoms with Crippen molar-refractivity contribution < 1.29 is 5.11 Å². The summed E-state index contributed by atoms with van der Waals surface area (Å²) in [6.45, 7) is 4.66. The lowest BCUT2D eigenvalue weighted by Gasteiger charge is -2.07. The number of aromatic nitrogens is 4. The van der Waals surface area contributed by atoms with Gasteiger partial charge in [0.25, 0.3) is 0 Å². The van der Waals surface area contributed by atoms with E-state index in [9.17, 15) is 5.11 Å². The largest absolute Gasteiger partial charge is 0.493 e. The number of nitrogens with zero attached hydrogens (tertiary/aromatic N) is 4. The van der Waals surface area contributed by atoms with E-state index < -0.39 is 0 Å². The molecule has 0 amide bonds. The third-order valence-corrected chi connectivity index (χ3v) is 5.49. The van der Waals surface area contributed by atoms with Crippen molar-refractivity contribution in [1.29, 1.82) is 0 Å². The van der Waals surface area contributed by atoms with Gasteiger partial charge in [-0.25, -0.2) is 9.97 Å². The Morgan fingerprint density at radius 1 is 1.27 bits per heavy atom. The van der Waals surface area contributed by atoms with Gasteiger partial charge in [-0.1, -0.05) is 32.0 Å². The summed E-state index contributed by atoms with van der Waals surface area (Å²) in [7, 11) is 0. The highest BCUT2D eigenvalue weighted by atomic mass is 16.3. The number of aromatic amines is 1. The van der Waals surface area contributed by atoms with E-state index in [1.807, 2.05) is 30.6 Å². The first-order valence-corrected chi connectivity index (χ1v) is 10.2. The Balaban J connectivity index is 1.85. The van der Waals surface area contributed by atoms with Crippen LogP contribution in [0.2, 0.25) is 0 Å². The van der Waals surface area contributed by atoms with E-state index in [0.29, 0.717) is 24.3 Å². The number of para-hydroxylation sites is 1. The summed E-state index contributed by atoms with van der Waals surface area (Å²) < 4.78 is 1.75. The molecule has 0 bridgehead atoms. The predicted molar refractivity (Wildman–Crippen MR) is 120 cm³/mol. The number of fused-ring (bicyclic) bond motifs is 2. The lowest BCUT2D eigenvalue weighted by molar-refractivity contribution is 0.435. The summed E-state index contributed by atoms with van der Waals surface area (Å²) in [5, 5.41) is 12.0. The van der Waals surface area contributed by atoms with E-state index in [2.05, 4.69) is 29.9 Å². The number of H-pyrrole nitrogens is 1. The molecule has 0 fully saturated rings. The van der Waals surface area contributed by atoms with Crippen LogP contribution >= 0.6 is 0 Å². The van der Waals surface area contributed by atoms with Crippen molar-refractivity contribution in [2.24, 2.45) is 16.5 Å². The molecule has 8 heteroatoms. The van der Waals surface area contributed by atoms with Gasteiger partial charge < -0.3 is 21.6 Å². The average molecular weight is 406 g/mol. The Hall–Kier alpha value is -3.55. The molecule has 156 valence electrons. The summed E-state index contributed by atoms with van der Waals surface area (Å²) in [6.07, 6.45) is 6.07.